The maximum atomic E-state index is 12.8. The lowest BCUT2D eigenvalue weighted by molar-refractivity contribution is 0.0470. The van der Waals surface area contributed by atoms with Crippen LogP contribution in [0.2, 0.25) is 5.02 Å². The molecule has 4 rings (SSSR count). The predicted octanol–water partition coefficient (Wildman–Crippen LogP) is 4.66. The third kappa shape index (κ3) is 3.70. The number of hydrogen-bond acceptors (Lipinski definition) is 5. The summed E-state index contributed by atoms with van der Waals surface area (Å²) < 4.78 is 16.0. The van der Waals surface area contributed by atoms with Crippen molar-refractivity contribution in [2.45, 2.75) is 6.61 Å². The quantitative estimate of drug-likeness (QED) is 0.465. The Labute approximate surface area is 166 Å². The highest BCUT2D eigenvalue weighted by molar-refractivity contribution is 6.30. The zero-order valence-corrected chi connectivity index (χ0v) is 15.4. The second kappa shape index (κ2) is 7.74. The van der Waals surface area contributed by atoms with Crippen LogP contribution in [0.4, 0.5) is 0 Å². The minimum atomic E-state index is -0.574. The minimum Gasteiger partial charge on any atom is -0.457 e. The maximum Gasteiger partial charge on any atom is 0.339 e. The van der Waals surface area contributed by atoms with E-state index in [1.54, 1.807) is 66.7 Å². The fourth-order valence-corrected chi connectivity index (χ4v) is 3.00. The SMILES string of the molecule is O=C(OCc1ccc2c(c1)OCO2)c1ccccc1C(=O)c1ccc(Cl)cc1. The lowest BCUT2D eigenvalue weighted by atomic mass is 9.98. The van der Waals surface area contributed by atoms with Gasteiger partial charge in [-0.3, -0.25) is 4.79 Å². The third-order valence-electron chi connectivity index (χ3n) is 4.30. The second-order valence-corrected chi connectivity index (χ2v) is 6.58. The van der Waals surface area contributed by atoms with Crippen LogP contribution >= 0.6 is 11.6 Å². The number of fused-ring (bicyclic) bond motifs is 1. The van der Waals surface area contributed by atoms with E-state index in [1.165, 1.54) is 0 Å². The van der Waals surface area contributed by atoms with Crippen LogP contribution in [0.1, 0.15) is 31.8 Å². The molecule has 0 amide bonds. The number of ether oxygens (including phenoxy) is 3. The summed E-state index contributed by atoms with van der Waals surface area (Å²) in [7, 11) is 0. The van der Waals surface area contributed by atoms with E-state index in [1.807, 2.05) is 0 Å². The summed E-state index contributed by atoms with van der Waals surface area (Å²) in [6.07, 6.45) is 0. The molecule has 6 heteroatoms. The number of halogens is 1. The summed E-state index contributed by atoms with van der Waals surface area (Å²) in [4.78, 5) is 25.4. The second-order valence-electron chi connectivity index (χ2n) is 6.15. The van der Waals surface area contributed by atoms with Crippen molar-refractivity contribution in [3.8, 4) is 11.5 Å². The van der Waals surface area contributed by atoms with Gasteiger partial charge in [0.1, 0.15) is 6.61 Å². The number of esters is 1. The van der Waals surface area contributed by atoms with Crippen LogP contribution in [0, 0.1) is 0 Å². The lowest BCUT2D eigenvalue weighted by Crippen LogP contribution is -2.12. The molecule has 0 bridgehead atoms. The average Bonchev–Trinajstić information content (AvgIpc) is 3.20. The molecule has 1 heterocycles. The van der Waals surface area contributed by atoms with E-state index in [0.29, 0.717) is 22.1 Å². The van der Waals surface area contributed by atoms with Crippen molar-refractivity contribution in [1.82, 2.24) is 0 Å². The van der Waals surface area contributed by atoms with Gasteiger partial charge in [0, 0.05) is 16.1 Å². The fraction of sp³-hybridized carbons (Fsp3) is 0.0909. The Morgan fingerprint density at radius 2 is 1.61 bits per heavy atom. The number of ketones is 1. The normalized spacial score (nSPS) is 11.9. The third-order valence-corrected chi connectivity index (χ3v) is 4.56. The summed E-state index contributed by atoms with van der Waals surface area (Å²) in [6.45, 7) is 0.234. The van der Waals surface area contributed by atoms with Crippen LogP contribution < -0.4 is 9.47 Å². The van der Waals surface area contributed by atoms with Gasteiger partial charge in [-0.15, -0.1) is 0 Å². The molecule has 0 unspecified atom stereocenters. The van der Waals surface area contributed by atoms with E-state index in [9.17, 15) is 9.59 Å². The Bertz CT molecular complexity index is 1040. The van der Waals surface area contributed by atoms with Crippen LogP contribution in [0.5, 0.6) is 11.5 Å². The van der Waals surface area contributed by atoms with Crippen LogP contribution in [0.3, 0.4) is 0 Å². The first-order valence-electron chi connectivity index (χ1n) is 8.57. The van der Waals surface area contributed by atoms with Crippen LogP contribution in [0.15, 0.2) is 66.7 Å². The molecule has 28 heavy (non-hydrogen) atoms. The molecule has 3 aromatic carbocycles. The molecule has 0 atom stereocenters. The van der Waals surface area contributed by atoms with Gasteiger partial charge < -0.3 is 14.2 Å². The van der Waals surface area contributed by atoms with Gasteiger partial charge in [0.25, 0.3) is 0 Å². The van der Waals surface area contributed by atoms with Gasteiger partial charge >= 0.3 is 5.97 Å². The van der Waals surface area contributed by atoms with Crippen molar-refractivity contribution in [3.63, 3.8) is 0 Å². The molecule has 1 aliphatic rings. The summed E-state index contributed by atoms with van der Waals surface area (Å²) in [5, 5.41) is 0.535. The van der Waals surface area contributed by atoms with Crippen molar-refractivity contribution < 1.29 is 23.8 Å². The molecule has 140 valence electrons. The highest BCUT2D eigenvalue weighted by Gasteiger charge is 2.20. The molecule has 0 N–H and O–H groups in total. The monoisotopic (exact) mass is 394 g/mol. The summed E-state index contributed by atoms with van der Waals surface area (Å²) in [5.74, 6) is 0.434. The Hall–Kier alpha value is -3.31. The molecule has 0 aliphatic carbocycles. The number of carbonyl (C=O) groups excluding carboxylic acids is 2. The van der Waals surface area contributed by atoms with Crippen LogP contribution in [0.25, 0.3) is 0 Å². The lowest BCUT2D eigenvalue weighted by Gasteiger charge is -2.10. The van der Waals surface area contributed by atoms with Crippen molar-refractivity contribution in [2.75, 3.05) is 6.79 Å². The first kappa shape index (κ1) is 18.1. The zero-order chi connectivity index (χ0) is 19.5. The zero-order valence-electron chi connectivity index (χ0n) is 14.7. The van der Waals surface area contributed by atoms with Gasteiger partial charge in [-0.1, -0.05) is 35.9 Å². The Balaban J connectivity index is 1.52. The molecular formula is C22H15ClO5. The maximum absolute atomic E-state index is 12.8. The number of benzene rings is 3. The van der Waals surface area contributed by atoms with E-state index < -0.39 is 5.97 Å². The van der Waals surface area contributed by atoms with Crippen molar-refractivity contribution in [2.24, 2.45) is 0 Å². The number of rotatable bonds is 5. The standard InChI is InChI=1S/C22H15ClO5/c23-16-8-6-15(7-9-16)21(24)17-3-1-2-4-18(17)22(25)26-12-14-5-10-19-20(11-14)28-13-27-19/h1-11H,12-13H2. The summed E-state index contributed by atoms with van der Waals surface area (Å²) in [6, 6.07) is 18.4. The molecule has 5 nitrogen and oxygen atoms in total. The van der Waals surface area contributed by atoms with Crippen molar-refractivity contribution in [3.05, 3.63) is 94.0 Å². The largest absolute Gasteiger partial charge is 0.457 e. The van der Waals surface area contributed by atoms with Crippen LogP contribution in [-0.4, -0.2) is 18.5 Å². The topological polar surface area (TPSA) is 61.8 Å². The van der Waals surface area contributed by atoms with E-state index in [0.717, 1.165) is 5.56 Å². The van der Waals surface area contributed by atoms with Gasteiger partial charge in [-0.05, 0) is 48.0 Å². The van der Waals surface area contributed by atoms with Crippen molar-refractivity contribution >= 4 is 23.4 Å². The Kier molecular flexibility index (Phi) is 5.00. The fourth-order valence-electron chi connectivity index (χ4n) is 2.87. The smallest absolute Gasteiger partial charge is 0.339 e. The molecule has 0 saturated heterocycles. The Morgan fingerprint density at radius 3 is 2.39 bits per heavy atom. The molecule has 0 aromatic heterocycles. The minimum absolute atomic E-state index is 0.0545. The molecular weight excluding hydrogens is 380 g/mol. The number of hydrogen-bond donors (Lipinski definition) is 0. The summed E-state index contributed by atoms with van der Waals surface area (Å²) in [5.41, 5.74) is 1.70. The highest BCUT2D eigenvalue weighted by Crippen LogP contribution is 2.32. The molecule has 1 aliphatic heterocycles. The van der Waals surface area contributed by atoms with E-state index in [4.69, 9.17) is 25.8 Å². The van der Waals surface area contributed by atoms with Gasteiger partial charge in [0.05, 0.1) is 5.56 Å². The summed E-state index contributed by atoms with van der Waals surface area (Å²) >= 11 is 5.88. The molecule has 0 spiro atoms. The van der Waals surface area contributed by atoms with Gasteiger partial charge in [-0.2, -0.15) is 0 Å². The molecule has 0 saturated carbocycles. The average molecular weight is 395 g/mol. The molecule has 0 fully saturated rings. The highest BCUT2D eigenvalue weighted by atomic mass is 35.5. The van der Waals surface area contributed by atoms with Gasteiger partial charge in [0.15, 0.2) is 17.3 Å². The molecule has 3 aromatic rings. The first-order chi connectivity index (χ1) is 13.6. The van der Waals surface area contributed by atoms with E-state index >= 15 is 0 Å². The van der Waals surface area contributed by atoms with E-state index in [2.05, 4.69) is 0 Å². The molecule has 0 radical (unpaired) electrons. The first-order valence-corrected chi connectivity index (χ1v) is 8.94. The Morgan fingerprint density at radius 1 is 0.893 bits per heavy atom. The predicted molar refractivity (Wildman–Crippen MR) is 103 cm³/mol. The van der Waals surface area contributed by atoms with Crippen molar-refractivity contribution in [1.29, 1.82) is 0 Å². The van der Waals surface area contributed by atoms with E-state index in [-0.39, 0.29) is 30.3 Å². The van der Waals surface area contributed by atoms with Gasteiger partial charge in [0.2, 0.25) is 6.79 Å². The van der Waals surface area contributed by atoms with Crippen LogP contribution in [-0.2, 0) is 11.3 Å². The number of carbonyl (C=O) groups is 2. The van der Waals surface area contributed by atoms with Gasteiger partial charge in [-0.25, -0.2) is 4.79 Å².